The summed E-state index contributed by atoms with van der Waals surface area (Å²) >= 11 is 7.73. The highest BCUT2D eigenvalue weighted by Crippen LogP contribution is 2.37. The van der Waals surface area contributed by atoms with Crippen LogP contribution in [0.25, 0.3) is 21.6 Å². The lowest BCUT2D eigenvalue weighted by Gasteiger charge is -2.06. The topological polar surface area (TPSA) is 42.2 Å². The minimum absolute atomic E-state index is 0.150. The minimum atomic E-state index is -0.150. The molecule has 0 aliphatic heterocycles. The van der Waals surface area contributed by atoms with Crippen LogP contribution in [0.1, 0.15) is 20.8 Å². The molecular weight excluding hydrogens is 366 g/mol. The van der Waals surface area contributed by atoms with E-state index in [1.165, 1.54) is 0 Å². The van der Waals surface area contributed by atoms with Gasteiger partial charge in [0.15, 0.2) is 5.58 Å². The molecule has 0 unspecified atom stereocenters. The number of nitrogens with one attached hydrogen (secondary N) is 1. The molecule has 130 valence electrons. The van der Waals surface area contributed by atoms with Crippen LogP contribution in [0.3, 0.4) is 0 Å². The summed E-state index contributed by atoms with van der Waals surface area (Å²) in [4.78, 5) is 13.7. The summed E-state index contributed by atoms with van der Waals surface area (Å²) in [5, 5.41) is 3.59. The molecule has 0 saturated heterocycles. The van der Waals surface area contributed by atoms with E-state index in [1.807, 2.05) is 67.6 Å². The normalized spacial score (nSPS) is 11.0. The molecule has 0 aliphatic carbocycles. The van der Waals surface area contributed by atoms with Crippen LogP contribution >= 0.6 is 22.9 Å². The fraction of sp³-hybridized carbons (Fsp3) is 0.0952. The van der Waals surface area contributed by atoms with Gasteiger partial charge in [-0.2, -0.15) is 0 Å². The van der Waals surface area contributed by atoms with Crippen molar-refractivity contribution in [1.82, 2.24) is 5.32 Å². The molecule has 0 aliphatic rings. The number of fused-ring (bicyclic) bond motifs is 1. The van der Waals surface area contributed by atoms with E-state index in [9.17, 15) is 4.79 Å². The van der Waals surface area contributed by atoms with E-state index < -0.39 is 0 Å². The lowest BCUT2D eigenvalue weighted by atomic mass is 10.2. The van der Waals surface area contributed by atoms with Gasteiger partial charge in [0.2, 0.25) is 0 Å². The number of hydrogen-bond donors (Lipinski definition) is 1. The summed E-state index contributed by atoms with van der Waals surface area (Å²) in [5.74, 6) is 0.620. The molecule has 26 heavy (non-hydrogen) atoms. The number of thiophene rings is 1. The third-order valence-electron chi connectivity index (χ3n) is 4.22. The number of carbonyl (C=O) groups is 1. The Morgan fingerprint density at radius 1 is 1.12 bits per heavy atom. The molecule has 0 fully saturated rings. The number of rotatable bonds is 4. The Morgan fingerprint density at radius 3 is 2.62 bits per heavy atom. The Kier molecular flexibility index (Phi) is 4.53. The molecule has 1 N–H and O–H groups in total. The third kappa shape index (κ3) is 3.14. The molecule has 2 aromatic carbocycles. The van der Waals surface area contributed by atoms with Crippen LogP contribution in [0.2, 0.25) is 5.02 Å². The van der Waals surface area contributed by atoms with Gasteiger partial charge in [0.05, 0.1) is 10.3 Å². The van der Waals surface area contributed by atoms with Crippen molar-refractivity contribution in [2.75, 3.05) is 0 Å². The highest BCUT2D eigenvalue weighted by Gasteiger charge is 2.21. The van der Waals surface area contributed by atoms with Gasteiger partial charge in [-0.15, -0.1) is 11.3 Å². The molecule has 2 aromatic heterocycles. The second-order valence-electron chi connectivity index (χ2n) is 5.98. The standard InChI is InChI=1S/C21H16ClNO2S/c1-13-19(21(24)23-12-15-9-5-6-10-16(15)22)20-18(26-13)11-17(25-20)14-7-3-2-4-8-14/h2-11H,12H2,1H3,(H,23,24). The minimum Gasteiger partial charge on any atom is -0.454 e. The van der Waals surface area contributed by atoms with Crippen LogP contribution in [-0.2, 0) is 6.54 Å². The van der Waals surface area contributed by atoms with Gasteiger partial charge in [-0.3, -0.25) is 4.79 Å². The van der Waals surface area contributed by atoms with Gasteiger partial charge in [0.25, 0.3) is 5.91 Å². The maximum atomic E-state index is 12.8. The van der Waals surface area contributed by atoms with Crippen molar-refractivity contribution in [3.8, 4) is 11.3 Å². The smallest absolute Gasteiger partial charge is 0.256 e. The van der Waals surface area contributed by atoms with Crippen molar-refractivity contribution in [1.29, 1.82) is 0 Å². The molecule has 3 nitrogen and oxygen atoms in total. The van der Waals surface area contributed by atoms with Gasteiger partial charge < -0.3 is 9.73 Å². The van der Waals surface area contributed by atoms with Gasteiger partial charge in [-0.25, -0.2) is 0 Å². The monoisotopic (exact) mass is 381 g/mol. The van der Waals surface area contributed by atoms with Gasteiger partial charge >= 0.3 is 0 Å². The van der Waals surface area contributed by atoms with Gasteiger partial charge in [0.1, 0.15) is 5.76 Å². The van der Waals surface area contributed by atoms with Crippen molar-refractivity contribution in [2.24, 2.45) is 0 Å². The molecule has 0 saturated carbocycles. The summed E-state index contributed by atoms with van der Waals surface area (Å²) in [6.07, 6.45) is 0. The van der Waals surface area contributed by atoms with Crippen molar-refractivity contribution in [3.63, 3.8) is 0 Å². The van der Waals surface area contributed by atoms with Gasteiger partial charge in [-0.05, 0) is 18.6 Å². The first-order valence-electron chi connectivity index (χ1n) is 8.23. The maximum absolute atomic E-state index is 12.8. The molecule has 5 heteroatoms. The van der Waals surface area contributed by atoms with E-state index in [2.05, 4.69) is 5.32 Å². The molecular formula is C21H16ClNO2S. The van der Waals surface area contributed by atoms with Crippen molar-refractivity contribution in [3.05, 3.63) is 81.7 Å². The number of benzene rings is 2. The Morgan fingerprint density at radius 2 is 1.85 bits per heavy atom. The van der Waals surface area contributed by atoms with Crippen LogP contribution in [0.4, 0.5) is 0 Å². The van der Waals surface area contributed by atoms with Crippen LogP contribution in [0.5, 0.6) is 0 Å². The fourth-order valence-corrected chi connectivity index (χ4v) is 4.14. The first-order valence-corrected chi connectivity index (χ1v) is 9.43. The van der Waals surface area contributed by atoms with Gasteiger partial charge in [0, 0.05) is 28.1 Å². The quantitative estimate of drug-likeness (QED) is 0.467. The molecule has 4 rings (SSSR count). The number of hydrogen-bond acceptors (Lipinski definition) is 3. The lowest BCUT2D eigenvalue weighted by Crippen LogP contribution is -2.23. The highest BCUT2D eigenvalue weighted by molar-refractivity contribution is 7.19. The summed E-state index contributed by atoms with van der Waals surface area (Å²) in [7, 11) is 0. The zero-order valence-electron chi connectivity index (χ0n) is 14.1. The van der Waals surface area contributed by atoms with E-state index in [-0.39, 0.29) is 5.91 Å². The Bertz CT molecular complexity index is 1080. The zero-order valence-corrected chi connectivity index (χ0v) is 15.7. The first kappa shape index (κ1) is 16.9. The van der Waals surface area contributed by atoms with Crippen LogP contribution < -0.4 is 5.32 Å². The predicted octanol–water partition coefficient (Wildman–Crippen LogP) is 6.05. The molecule has 0 spiro atoms. The van der Waals surface area contributed by atoms with E-state index >= 15 is 0 Å². The summed E-state index contributed by atoms with van der Waals surface area (Å²) in [5.41, 5.74) is 3.12. The average molecular weight is 382 g/mol. The van der Waals surface area contributed by atoms with E-state index in [0.717, 1.165) is 26.5 Å². The second kappa shape index (κ2) is 6.98. The maximum Gasteiger partial charge on any atom is 0.256 e. The largest absolute Gasteiger partial charge is 0.454 e. The summed E-state index contributed by atoms with van der Waals surface area (Å²) in [6, 6.07) is 19.4. The first-order chi connectivity index (χ1) is 12.6. The van der Waals surface area contributed by atoms with Crippen molar-refractivity contribution < 1.29 is 9.21 Å². The van der Waals surface area contributed by atoms with Crippen molar-refractivity contribution >= 4 is 39.1 Å². The summed E-state index contributed by atoms with van der Waals surface area (Å²) < 4.78 is 7.00. The SMILES string of the molecule is Cc1sc2cc(-c3ccccc3)oc2c1C(=O)NCc1ccccc1Cl. The van der Waals surface area contributed by atoms with Crippen LogP contribution in [-0.4, -0.2) is 5.91 Å². The van der Waals surface area contributed by atoms with Crippen molar-refractivity contribution in [2.45, 2.75) is 13.5 Å². The van der Waals surface area contributed by atoms with E-state index in [1.54, 1.807) is 11.3 Å². The number of halogens is 1. The lowest BCUT2D eigenvalue weighted by molar-refractivity contribution is 0.0951. The number of amides is 1. The Labute approximate surface area is 160 Å². The molecule has 0 radical (unpaired) electrons. The van der Waals surface area contributed by atoms with E-state index in [4.69, 9.17) is 16.0 Å². The molecule has 4 aromatic rings. The third-order valence-corrected chi connectivity index (χ3v) is 5.62. The summed E-state index contributed by atoms with van der Waals surface area (Å²) in [6.45, 7) is 2.31. The van der Waals surface area contributed by atoms with Gasteiger partial charge in [-0.1, -0.05) is 60.1 Å². The Balaban J connectivity index is 1.63. The number of carbonyl (C=O) groups excluding carboxylic acids is 1. The number of aryl methyl sites for hydroxylation is 1. The average Bonchev–Trinajstić information content (AvgIpc) is 3.18. The van der Waals surface area contributed by atoms with Crippen LogP contribution in [0.15, 0.2) is 65.1 Å². The molecule has 0 bridgehead atoms. The molecule has 0 atom stereocenters. The zero-order chi connectivity index (χ0) is 18.1. The Hall–Kier alpha value is -2.56. The molecule has 2 heterocycles. The highest BCUT2D eigenvalue weighted by atomic mass is 35.5. The second-order valence-corrected chi connectivity index (χ2v) is 7.64. The van der Waals surface area contributed by atoms with Crippen LogP contribution in [0, 0.1) is 6.92 Å². The fourth-order valence-electron chi connectivity index (χ4n) is 2.91. The van der Waals surface area contributed by atoms with E-state index in [0.29, 0.717) is 22.7 Å². The molecule has 1 amide bonds. The number of furan rings is 1. The predicted molar refractivity (Wildman–Crippen MR) is 107 cm³/mol.